The fourth-order valence-corrected chi connectivity index (χ4v) is 3.26. The topological polar surface area (TPSA) is 31.9 Å². The van der Waals surface area contributed by atoms with E-state index in [2.05, 4.69) is 28.9 Å². The smallest absolute Gasteiger partial charge is 0.123 e. The molecule has 2 aromatic rings. The fourth-order valence-electron chi connectivity index (χ4n) is 3.26. The Balaban J connectivity index is 1.56. The van der Waals surface area contributed by atoms with Gasteiger partial charge in [0.2, 0.25) is 0 Å². The number of nitrogens with one attached hydrogen (secondary N) is 1. The lowest BCUT2D eigenvalue weighted by molar-refractivity contribution is 0.338. The van der Waals surface area contributed by atoms with Gasteiger partial charge in [0.15, 0.2) is 0 Å². The molecule has 3 rings (SSSR count). The van der Waals surface area contributed by atoms with Crippen molar-refractivity contribution in [3.8, 4) is 0 Å². The number of hydrogen-bond acceptors (Lipinski definition) is 2. The Hall–Kier alpha value is -1.68. The summed E-state index contributed by atoms with van der Waals surface area (Å²) in [6.07, 6.45) is 2.21. The van der Waals surface area contributed by atoms with E-state index in [9.17, 15) is 4.39 Å². The average Bonchev–Trinajstić information content (AvgIpc) is 3.06. The molecule has 21 heavy (non-hydrogen) atoms. The van der Waals surface area contributed by atoms with E-state index in [0.717, 1.165) is 38.2 Å². The minimum Gasteiger partial charge on any atom is -0.302 e. The molecule has 0 aliphatic carbocycles. The Bertz CT molecular complexity index is 583. The number of aromatic amines is 1. The first-order chi connectivity index (χ1) is 10.1. The maximum atomic E-state index is 13.0. The second-order valence-corrected chi connectivity index (χ2v) is 6.00. The highest BCUT2D eigenvalue weighted by Crippen LogP contribution is 2.27. The predicted octanol–water partition coefficient (Wildman–Crippen LogP) is 3.20. The maximum Gasteiger partial charge on any atom is 0.123 e. The van der Waals surface area contributed by atoms with Crippen molar-refractivity contribution in [3.05, 3.63) is 52.6 Å². The molecule has 2 heterocycles. The lowest BCUT2D eigenvalue weighted by atomic mass is 9.99. The number of nitrogens with zero attached hydrogens (tertiary/aromatic N) is 2. The van der Waals surface area contributed by atoms with Gasteiger partial charge in [0.25, 0.3) is 0 Å². The standard InChI is InChI=1S/C17H22FN3/c1-12-17(13(2)20-19-12)8-10-21-9-7-15(11-21)14-3-5-16(18)6-4-14/h3-6,15H,7-11H2,1-2H3,(H,19,20)/t15-/m1/s1. The van der Waals surface area contributed by atoms with Gasteiger partial charge in [-0.15, -0.1) is 0 Å². The summed E-state index contributed by atoms with van der Waals surface area (Å²) in [6.45, 7) is 7.41. The van der Waals surface area contributed by atoms with E-state index in [0.29, 0.717) is 5.92 Å². The van der Waals surface area contributed by atoms with Gasteiger partial charge in [-0.25, -0.2) is 4.39 Å². The van der Waals surface area contributed by atoms with E-state index < -0.39 is 0 Å². The molecule has 0 spiro atoms. The molecule has 0 unspecified atom stereocenters. The minimum absolute atomic E-state index is 0.153. The van der Waals surface area contributed by atoms with E-state index in [4.69, 9.17) is 0 Å². The van der Waals surface area contributed by atoms with Crippen LogP contribution in [0.15, 0.2) is 24.3 Å². The summed E-state index contributed by atoms with van der Waals surface area (Å²) in [4.78, 5) is 2.50. The van der Waals surface area contributed by atoms with Crippen molar-refractivity contribution < 1.29 is 4.39 Å². The molecule has 1 saturated heterocycles. The van der Waals surface area contributed by atoms with E-state index in [1.165, 1.54) is 16.8 Å². The van der Waals surface area contributed by atoms with Crippen LogP contribution in [-0.4, -0.2) is 34.7 Å². The Morgan fingerprint density at radius 2 is 2.05 bits per heavy atom. The summed E-state index contributed by atoms with van der Waals surface area (Å²) in [5.41, 5.74) is 4.90. The lowest BCUT2D eigenvalue weighted by Gasteiger charge is -2.16. The first-order valence-electron chi connectivity index (χ1n) is 7.61. The fraction of sp³-hybridized carbons (Fsp3) is 0.471. The molecule has 0 bridgehead atoms. The Morgan fingerprint density at radius 1 is 1.29 bits per heavy atom. The molecule has 1 aliphatic rings. The number of benzene rings is 1. The Labute approximate surface area is 125 Å². The van der Waals surface area contributed by atoms with Crippen LogP contribution in [0, 0.1) is 19.7 Å². The normalized spacial score (nSPS) is 19.3. The number of rotatable bonds is 4. The van der Waals surface area contributed by atoms with Crippen LogP contribution < -0.4 is 0 Å². The molecule has 4 heteroatoms. The monoisotopic (exact) mass is 287 g/mol. The zero-order valence-electron chi connectivity index (χ0n) is 12.7. The first kappa shape index (κ1) is 14.3. The molecule has 112 valence electrons. The number of hydrogen-bond donors (Lipinski definition) is 1. The Kier molecular flexibility index (Phi) is 4.06. The van der Waals surface area contributed by atoms with Gasteiger partial charge >= 0.3 is 0 Å². The third kappa shape index (κ3) is 3.16. The van der Waals surface area contributed by atoms with Crippen LogP contribution in [0.2, 0.25) is 0 Å². The van der Waals surface area contributed by atoms with Gasteiger partial charge in [-0.2, -0.15) is 5.10 Å². The van der Waals surface area contributed by atoms with Crippen LogP contribution in [0.25, 0.3) is 0 Å². The SMILES string of the molecule is Cc1n[nH]c(C)c1CCN1CC[C@@H](c2ccc(F)cc2)C1. The van der Waals surface area contributed by atoms with Gasteiger partial charge in [0.1, 0.15) is 5.82 Å². The van der Waals surface area contributed by atoms with Crippen molar-refractivity contribution in [3.63, 3.8) is 0 Å². The van der Waals surface area contributed by atoms with Crippen LogP contribution in [0.5, 0.6) is 0 Å². The molecule has 1 aliphatic heterocycles. The number of halogens is 1. The van der Waals surface area contributed by atoms with E-state index >= 15 is 0 Å². The summed E-state index contributed by atoms with van der Waals surface area (Å²) in [7, 11) is 0. The van der Waals surface area contributed by atoms with E-state index in [1.807, 2.05) is 12.1 Å². The van der Waals surface area contributed by atoms with Crippen molar-refractivity contribution >= 4 is 0 Å². The lowest BCUT2D eigenvalue weighted by Crippen LogP contribution is -2.23. The number of H-pyrrole nitrogens is 1. The van der Waals surface area contributed by atoms with Crippen molar-refractivity contribution in [2.45, 2.75) is 32.6 Å². The third-order valence-corrected chi connectivity index (χ3v) is 4.57. The highest BCUT2D eigenvalue weighted by molar-refractivity contribution is 5.24. The molecule has 1 aromatic carbocycles. The van der Waals surface area contributed by atoms with Crippen LogP contribution in [-0.2, 0) is 6.42 Å². The van der Waals surface area contributed by atoms with Gasteiger partial charge < -0.3 is 4.90 Å². The van der Waals surface area contributed by atoms with Crippen LogP contribution in [0.1, 0.15) is 34.9 Å². The second kappa shape index (κ2) is 5.98. The zero-order valence-corrected chi connectivity index (χ0v) is 12.7. The van der Waals surface area contributed by atoms with E-state index in [-0.39, 0.29) is 5.82 Å². The predicted molar refractivity (Wildman–Crippen MR) is 82.0 cm³/mol. The van der Waals surface area contributed by atoms with Crippen LogP contribution >= 0.6 is 0 Å². The summed E-state index contributed by atoms with van der Waals surface area (Å²) in [6, 6.07) is 6.98. The van der Waals surface area contributed by atoms with Crippen molar-refractivity contribution in [2.75, 3.05) is 19.6 Å². The van der Waals surface area contributed by atoms with Crippen LogP contribution in [0.3, 0.4) is 0 Å². The number of aryl methyl sites for hydroxylation is 2. The minimum atomic E-state index is -0.153. The summed E-state index contributed by atoms with van der Waals surface area (Å²) >= 11 is 0. The molecular weight excluding hydrogens is 265 g/mol. The van der Waals surface area contributed by atoms with Gasteiger partial charge in [0, 0.05) is 18.8 Å². The van der Waals surface area contributed by atoms with Crippen LogP contribution in [0.4, 0.5) is 4.39 Å². The third-order valence-electron chi connectivity index (χ3n) is 4.57. The Morgan fingerprint density at radius 3 is 2.71 bits per heavy atom. The molecule has 3 nitrogen and oxygen atoms in total. The number of likely N-dealkylation sites (tertiary alicyclic amines) is 1. The molecule has 1 atom stereocenters. The van der Waals surface area contributed by atoms with Crippen molar-refractivity contribution in [1.29, 1.82) is 0 Å². The average molecular weight is 287 g/mol. The summed E-state index contributed by atoms with van der Waals surface area (Å²) < 4.78 is 13.0. The second-order valence-electron chi connectivity index (χ2n) is 6.00. The molecule has 1 aromatic heterocycles. The summed E-state index contributed by atoms with van der Waals surface area (Å²) in [5.74, 6) is 0.386. The molecule has 0 saturated carbocycles. The van der Waals surface area contributed by atoms with Gasteiger partial charge in [-0.05, 0) is 62.4 Å². The first-order valence-corrected chi connectivity index (χ1v) is 7.61. The van der Waals surface area contributed by atoms with Crippen molar-refractivity contribution in [2.24, 2.45) is 0 Å². The zero-order chi connectivity index (χ0) is 14.8. The van der Waals surface area contributed by atoms with Gasteiger partial charge in [-0.1, -0.05) is 12.1 Å². The highest BCUT2D eigenvalue weighted by Gasteiger charge is 2.23. The molecule has 0 amide bonds. The summed E-state index contributed by atoms with van der Waals surface area (Å²) in [5, 5.41) is 7.30. The van der Waals surface area contributed by atoms with Gasteiger partial charge in [-0.3, -0.25) is 5.10 Å². The quantitative estimate of drug-likeness (QED) is 0.936. The molecule has 0 radical (unpaired) electrons. The van der Waals surface area contributed by atoms with E-state index in [1.54, 1.807) is 12.1 Å². The molecule has 1 fully saturated rings. The number of aromatic nitrogens is 2. The molecular formula is C17H22FN3. The molecule has 1 N–H and O–H groups in total. The largest absolute Gasteiger partial charge is 0.302 e. The highest BCUT2D eigenvalue weighted by atomic mass is 19.1. The van der Waals surface area contributed by atoms with Crippen molar-refractivity contribution in [1.82, 2.24) is 15.1 Å². The maximum absolute atomic E-state index is 13.0. The van der Waals surface area contributed by atoms with Gasteiger partial charge in [0.05, 0.1) is 5.69 Å².